The van der Waals surface area contributed by atoms with Crippen molar-refractivity contribution in [3.8, 4) is 0 Å². The predicted octanol–water partition coefficient (Wildman–Crippen LogP) is 4.63. The number of thiophene rings is 1. The molecule has 0 spiro atoms. The molecule has 2 aromatic heterocycles. The molecule has 2 aromatic rings. The number of nitrogens with one attached hydrogen (secondary N) is 1. The molecule has 1 aliphatic carbocycles. The normalized spacial score (nSPS) is 20.0. The second-order valence-electron chi connectivity index (χ2n) is 5.02. The van der Waals surface area contributed by atoms with Crippen molar-refractivity contribution in [3.63, 3.8) is 0 Å². The van der Waals surface area contributed by atoms with E-state index in [2.05, 4.69) is 45.3 Å². The first-order valence-corrected chi connectivity index (χ1v) is 8.30. The SMILES string of the molecule is C[C@H](NC1CCCc2sc(Br)cc21)c1ccccn1. The number of aromatic nitrogens is 1. The molecule has 0 aromatic carbocycles. The minimum atomic E-state index is 0.288. The quantitative estimate of drug-likeness (QED) is 0.883. The van der Waals surface area contributed by atoms with Crippen molar-refractivity contribution in [2.75, 3.05) is 0 Å². The molecular formula is C15H17BrN2S. The molecule has 19 heavy (non-hydrogen) atoms. The topological polar surface area (TPSA) is 24.9 Å². The van der Waals surface area contributed by atoms with Gasteiger partial charge in [0.25, 0.3) is 0 Å². The molecule has 4 heteroatoms. The molecule has 1 unspecified atom stereocenters. The van der Waals surface area contributed by atoms with Crippen LogP contribution in [-0.4, -0.2) is 4.98 Å². The highest BCUT2D eigenvalue weighted by Crippen LogP contribution is 2.38. The number of halogens is 1. The zero-order chi connectivity index (χ0) is 13.2. The van der Waals surface area contributed by atoms with Crippen molar-refractivity contribution in [1.82, 2.24) is 10.3 Å². The summed E-state index contributed by atoms with van der Waals surface area (Å²) in [6, 6.07) is 9.13. The zero-order valence-electron chi connectivity index (χ0n) is 10.9. The highest BCUT2D eigenvalue weighted by Gasteiger charge is 2.24. The summed E-state index contributed by atoms with van der Waals surface area (Å²) in [6.07, 6.45) is 5.57. The number of nitrogens with zero attached hydrogens (tertiary/aromatic N) is 1. The summed E-state index contributed by atoms with van der Waals surface area (Å²) in [4.78, 5) is 5.97. The minimum absolute atomic E-state index is 0.288. The van der Waals surface area contributed by atoms with Crippen LogP contribution in [0.4, 0.5) is 0 Å². The van der Waals surface area contributed by atoms with Gasteiger partial charge in [0.15, 0.2) is 0 Å². The average Bonchev–Trinajstić information content (AvgIpc) is 2.81. The van der Waals surface area contributed by atoms with Crippen LogP contribution in [0, 0.1) is 0 Å². The zero-order valence-corrected chi connectivity index (χ0v) is 13.3. The van der Waals surface area contributed by atoms with E-state index in [4.69, 9.17) is 0 Å². The molecule has 1 aliphatic rings. The first-order chi connectivity index (χ1) is 9.24. The summed E-state index contributed by atoms with van der Waals surface area (Å²) >= 11 is 5.49. The minimum Gasteiger partial charge on any atom is -0.302 e. The number of aryl methyl sites for hydroxylation is 1. The van der Waals surface area contributed by atoms with Gasteiger partial charge in [0.2, 0.25) is 0 Å². The first kappa shape index (κ1) is 13.3. The number of hydrogen-bond donors (Lipinski definition) is 1. The Morgan fingerprint density at radius 1 is 1.47 bits per heavy atom. The van der Waals surface area contributed by atoms with Crippen LogP contribution in [0.3, 0.4) is 0 Å². The Bertz CT molecular complexity index is 553. The molecule has 0 saturated heterocycles. The molecule has 0 amide bonds. The van der Waals surface area contributed by atoms with E-state index in [1.54, 1.807) is 0 Å². The molecule has 100 valence electrons. The van der Waals surface area contributed by atoms with Gasteiger partial charge in [-0.15, -0.1) is 11.3 Å². The second kappa shape index (κ2) is 5.73. The van der Waals surface area contributed by atoms with Gasteiger partial charge in [-0.2, -0.15) is 0 Å². The highest BCUT2D eigenvalue weighted by molar-refractivity contribution is 9.11. The second-order valence-corrected chi connectivity index (χ2v) is 7.53. The van der Waals surface area contributed by atoms with Crippen LogP contribution in [0.15, 0.2) is 34.2 Å². The van der Waals surface area contributed by atoms with Gasteiger partial charge in [-0.1, -0.05) is 6.07 Å². The van der Waals surface area contributed by atoms with Gasteiger partial charge in [0, 0.05) is 23.2 Å². The van der Waals surface area contributed by atoms with Crippen molar-refractivity contribution < 1.29 is 0 Å². The van der Waals surface area contributed by atoms with E-state index in [0.717, 1.165) is 5.69 Å². The summed E-state index contributed by atoms with van der Waals surface area (Å²) < 4.78 is 1.25. The maximum atomic E-state index is 4.44. The fourth-order valence-corrected chi connectivity index (χ4v) is 4.53. The summed E-state index contributed by atoms with van der Waals surface area (Å²) in [7, 11) is 0. The molecule has 0 saturated carbocycles. The third-order valence-electron chi connectivity index (χ3n) is 3.67. The van der Waals surface area contributed by atoms with Gasteiger partial charge in [-0.05, 0) is 65.9 Å². The van der Waals surface area contributed by atoms with E-state index >= 15 is 0 Å². The molecule has 2 nitrogen and oxygen atoms in total. The van der Waals surface area contributed by atoms with E-state index < -0.39 is 0 Å². The van der Waals surface area contributed by atoms with Crippen LogP contribution < -0.4 is 5.32 Å². The lowest BCUT2D eigenvalue weighted by molar-refractivity contribution is 0.414. The van der Waals surface area contributed by atoms with Crippen LogP contribution in [0.25, 0.3) is 0 Å². The van der Waals surface area contributed by atoms with Gasteiger partial charge in [-0.25, -0.2) is 0 Å². The van der Waals surface area contributed by atoms with Crippen LogP contribution in [-0.2, 0) is 6.42 Å². The average molecular weight is 337 g/mol. The lowest BCUT2D eigenvalue weighted by atomic mass is 9.93. The highest BCUT2D eigenvalue weighted by atomic mass is 79.9. The lowest BCUT2D eigenvalue weighted by Gasteiger charge is -2.27. The summed E-state index contributed by atoms with van der Waals surface area (Å²) in [5, 5.41) is 3.73. The number of pyridine rings is 1. The Hall–Kier alpha value is -0.710. The Balaban J connectivity index is 1.77. The van der Waals surface area contributed by atoms with Crippen molar-refractivity contribution in [3.05, 3.63) is 50.4 Å². The summed E-state index contributed by atoms with van der Waals surface area (Å²) in [5.74, 6) is 0. The molecule has 0 radical (unpaired) electrons. The monoisotopic (exact) mass is 336 g/mol. The molecule has 1 N–H and O–H groups in total. The smallest absolute Gasteiger partial charge is 0.0704 e. The fourth-order valence-electron chi connectivity index (χ4n) is 2.71. The lowest BCUT2D eigenvalue weighted by Crippen LogP contribution is -2.27. The van der Waals surface area contributed by atoms with Crippen molar-refractivity contribution >= 4 is 27.3 Å². The maximum Gasteiger partial charge on any atom is 0.0704 e. The van der Waals surface area contributed by atoms with E-state index in [9.17, 15) is 0 Å². The Morgan fingerprint density at radius 2 is 2.37 bits per heavy atom. The fraction of sp³-hybridized carbons (Fsp3) is 0.400. The van der Waals surface area contributed by atoms with Crippen LogP contribution in [0.1, 0.15) is 48.0 Å². The largest absolute Gasteiger partial charge is 0.302 e. The molecule has 0 aliphatic heterocycles. The third-order valence-corrected chi connectivity index (χ3v) is 5.38. The van der Waals surface area contributed by atoms with Gasteiger partial charge < -0.3 is 5.32 Å². The van der Waals surface area contributed by atoms with Crippen LogP contribution >= 0.6 is 27.3 Å². The number of fused-ring (bicyclic) bond motifs is 1. The number of rotatable bonds is 3. The summed E-state index contributed by atoms with van der Waals surface area (Å²) in [6.45, 7) is 2.19. The molecule has 0 bridgehead atoms. The van der Waals surface area contributed by atoms with Crippen LogP contribution in [0.5, 0.6) is 0 Å². The molecule has 0 fully saturated rings. The van der Waals surface area contributed by atoms with Gasteiger partial charge >= 0.3 is 0 Å². The standard InChI is InChI=1S/C15H17BrN2S/c1-10(12-5-2-3-8-17-12)18-13-6-4-7-14-11(13)9-15(16)19-14/h2-3,5,8-10,13,18H,4,6-7H2,1H3/t10-,13?/m0/s1. The van der Waals surface area contributed by atoms with Gasteiger partial charge in [0.05, 0.1) is 9.48 Å². The van der Waals surface area contributed by atoms with Crippen molar-refractivity contribution in [2.24, 2.45) is 0 Å². The Kier molecular flexibility index (Phi) is 4.01. The first-order valence-electron chi connectivity index (χ1n) is 6.69. The Labute approximate surface area is 126 Å². The summed E-state index contributed by atoms with van der Waals surface area (Å²) in [5.41, 5.74) is 2.59. The van der Waals surface area contributed by atoms with E-state index in [1.165, 1.54) is 33.5 Å². The van der Waals surface area contributed by atoms with Crippen molar-refractivity contribution in [2.45, 2.75) is 38.3 Å². The predicted molar refractivity (Wildman–Crippen MR) is 83.5 cm³/mol. The molecule has 3 rings (SSSR count). The molecule has 2 atom stereocenters. The third kappa shape index (κ3) is 2.91. The molecular weight excluding hydrogens is 320 g/mol. The van der Waals surface area contributed by atoms with Gasteiger partial charge in [0.1, 0.15) is 0 Å². The van der Waals surface area contributed by atoms with E-state index in [0.29, 0.717) is 6.04 Å². The Morgan fingerprint density at radius 3 is 3.16 bits per heavy atom. The number of hydrogen-bond acceptors (Lipinski definition) is 3. The maximum absolute atomic E-state index is 4.44. The van der Waals surface area contributed by atoms with Crippen molar-refractivity contribution in [1.29, 1.82) is 0 Å². The van der Waals surface area contributed by atoms with E-state index in [-0.39, 0.29) is 6.04 Å². The van der Waals surface area contributed by atoms with Crippen LogP contribution in [0.2, 0.25) is 0 Å². The van der Waals surface area contributed by atoms with Gasteiger partial charge in [-0.3, -0.25) is 4.98 Å². The van der Waals surface area contributed by atoms with E-state index in [1.807, 2.05) is 29.7 Å². The molecule has 2 heterocycles.